The third-order valence-corrected chi connectivity index (χ3v) is 4.93. The van der Waals surface area contributed by atoms with Crippen molar-refractivity contribution in [3.63, 3.8) is 0 Å². The topological polar surface area (TPSA) is 86.7 Å². The molecule has 0 aromatic heterocycles. The summed E-state index contributed by atoms with van der Waals surface area (Å²) in [7, 11) is 0. The normalized spacial score (nSPS) is 20.0. The Labute approximate surface area is 158 Å². The maximum Gasteiger partial charge on any atom is 0.255 e. The van der Waals surface area contributed by atoms with Gasteiger partial charge in [0.2, 0.25) is 11.8 Å². The Hall–Kier alpha value is -2.65. The standard InChI is InChI=1S/C21H24N2O4/c1-14(24)6-4-2-3-5-7-15-8-9-16-13-23(21(27)17(16)12-15)18-10-11-19(25)22-20(18)26/h8-9,12,14,18,24H,2-4,6,10-11,13H2,1H3,(H,22,25,26). The SMILES string of the molecule is CC(O)CCCCC#Cc1ccc2c(c1)C(=O)N(C1CCC(=O)NC1=O)C2. The van der Waals surface area contributed by atoms with Crippen LogP contribution in [0, 0.1) is 11.8 Å². The summed E-state index contributed by atoms with van der Waals surface area (Å²) >= 11 is 0. The van der Waals surface area contributed by atoms with Gasteiger partial charge in [-0.2, -0.15) is 0 Å². The predicted octanol–water partition coefficient (Wildman–Crippen LogP) is 1.74. The molecule has 6 heteroatoms. The van der Waals surface area contributed by atoms with Crippen LogP contribution in [-0.4, -0.2) is 39.9 Å². The molecule has 0 radical (unpaired) electrons. The predicted molar refractivity (Wildman–Crippen MR) is 99.5 cm³/mol. The van der Waals surface area contributed by atoms with Crippen molar-refractivity contribution >= 4 is 17.7 Å². The largest absolute Gasteiger partial charge is 0.393 e. The minimum Gasteiger partial charge on any atom is -0.393 e. The van der Waals surface area contributed by atoms with Crippen LogP contribution in [0.25, 0.3) is 0 Å². The van der Waals surface area contributed by atoms with E-state index in [1.807, 2.05) is 12.1 Å². The monoisotopic (exact) mass is 368 g/mol. The highest BCUT2D eigenvalue weighted by molar-refractivity contribution is 6.05. The summed E-state index contributed by atoms with van der Waals surface area (Å²) in [4.78, 5) is 37.7. The fourth-order valence-electron chi connectivity index (χ4n) is 3.45. The summed E-state index contributed by atoms with van der Waals surface area (Å²) in [5.74, 6) is 5.33. The average molecular weight is 368 g/mol. The van der Waals surface area contributed by atoms with E-state index in [1.54, 1.807) is 17.9 Å². The van der Waals surface area contributed by atoms with Gasteiger partial charge in [-0.3, -0.25) is 19.7 Å². The number of aliphatic hydroxyl groups excluding tert-OH is 1. The van der Waals surface area contributed by atoms with Gasteiger partial charge in [0, 0.05) is 30.5 Å². The highest BCUT2D eigenvalue weighted by atomic mass is 16.3. The third-order valence-electron chi connectivity index (χ3n) is 4.93. The van der Waals surface area contributed by atoms with Gasteiger partial charge in [0.05, 0.1) is 6.10 Å². The smallest absolute Gasteiger partial charge is 0.255 e. The van der Waals surface area contributed by atoms with Gasteiger partial charge in [-0.15, -0.1) is 0 Å². The number of rotatable bonds is 5. The van der Waals surface area contributed by atoms with Gasteiger partial charge in [-0.05, 0) is 50.3 Å². The number of fused-ring (bicyclic) bond motifs is 1. The molecule has 2 atom stereocenters. The summed E-state index contributed by atoms with van der Waals surface area (Å²) in [5, 5.41) is 11.5. The first-order chi connectivity index (χ1) is 13.0. The maximum atomic E-state index is 12.7. The van der Waals surface area contributed by atoms with Crippen LogP contribution in [0.5, 0.6) is 0 Å². The number of hydrogen-bond donors (Lipinski definition) is 2. The van der Waals surface area contributed by atoms with Crippen molar-refractivity contribution in [2.45, 2.75) is 64.1 Å². The van der Waals surface area contributed by atoms with Crippen molar-refractivity contribution in [1.82, 2.24) is 10.2 Å². The molecule has 2 aliphatic rings. The van der Waals surface area contributed by atoms with E-state index in [4.69, 9.17) is 0 Å². The summed E-state index contributed by atoms with van der Waals surface area (Å²) < 4.78 is 0. The van der Waals surface area contributed by atoms with E-state index in [9.17, 15) is 19.5 Å². The second kappa shape index (κ2) is 8.36. The lowest BCUT2D eigenvalue weighted by Crippen LogP contribution is -2.52. The number of unbranched alkanes of at least 4 members (excludes halogenated alkanes) is 2. The molecule has 2 N–H and O–H groups in total. The van der Waals surface area contributed by atoms with Gasteiger partial charge in [-0.25, -0.2) is 0 Å². The Morgan fingerprint density at radius 3 is 2.85 bits per heavy atom. The van der Waals surface area contributed by atoms with Crippen LogP contribution in [0.4, 0.5) is 0 Å². The lowest BCUT2D eigenvalue weighted by atomic mass is 10.0. The zero-order chi connectivity index (χ0) is 19.4. The van der Waals surface area contributed by atoms with Crippen LogP contribution in [0.3, 0.4) is 0 Å². The molecule has 1 fully saturated rings. The third kappa shape index (κ3) is 4.55. The fraction of sp³-hybridized carbons (Fsp3) is 0.476. The zero-order valence-electron chi connectivity index (χ0n) is 15.5. The molecule has 2 unspecified atom stereocenters. The summed E-state index contributed by atoms with van der Waals surface area (Å²) in [5.41, 5.74) is 2.25. The van der Waals surface area contributed by atoms with Crippen molar-refractivity contribution in [3.8, 4) is 11.8 Å². The van der Waals surface area contributed by atoms with Crippen LogP contribution in [0.15, 0.2) is 18.2 Å². The summed E-state index contributed by atoms with van der Waals surface area (Å²) in [6, 6.07) is 4.97. The van der Waals surface area contributed by atoms with Crippen molar-refractivity contribution < 1.29 is 19.5 Å². The second-order valence-corrected chi connectivity index (χ2v) is 7.17. The average Bonchev–Trinajstić information content (AvgIpc) is 2.94. The van der Waals surface area contributed by atoms with Crippen LogP contribution in [0.2, 0.25) is 0 Å². The quantitative estimate of drug-likeness (QED) is 0.471. The number of piperidine rings is 1. The summed E-state index contributed by atoms with van der Waals surface area (Å²) in [6.45, 7) is 2.17. The Morgan fingerprint density at radius 1 is 1.30 bits per heavy atom. The van der Waals surface area contributed by atoms with Crippen LogP contribution < -0.4 is 5.32 Å². The van der Waals surface area contributed by atoms with E-state index in [0.29, 0.717) is 18.5 Å². The Morgan fingerprint density at radius 2 is 2.11 bits per heavy atom. The Balaban J connectivity index is 1.63. The lowest BCUT2D eigenvalue weighted by Gasteiger charge is -2.29. The number of nitrogens with one attached hydrogen (secondary N) is 1. The number of aliphatic hydroxyl groups is 1. The number of benzene rings is 1. The van der Waals surface area contributed by atoms with E-state index in [2.05, 4.69) is 17.2 Å². The first kappa shape index (κ1) is 19.1. The summed E-state index contributed by atoms with van der Waals surface area (Å²) in [6.07, 6.45) is 3.76. The van der Waals surface area contributed by atoms with Crippen LogP contribution >= 0.6 is 0 Å². The molecule has 0 aliphatic carbocycles. The fourth-order valence-corrected chi connectivity index (χ4v) is 3.45. The van der Waals surface area contributed by atoms with E-state index in [-0.39, 0.29) is 24.3 Å². The van der Waals surface area contributed by atoms with Gasteiger partial charge in [0.25, 0.3) is 5.91 Å². The van der Waals surface area contributed by atoms with Gasteiger partial charge >= 0.3 is 0 Å². The van der Waals surface area contributed by atoms with Crippen molar-refractivity contribution in [2.75, 3.05) is 0 Å². The minimum atomic E-state index is -0.592. The molecule has 0 saturated carbocycles. The second-order valence-electron chi connectivity index (χ2n) is 7.17. The highest BCUT2D eigenvalue weighted by Gasteiger charge is 2.38. The van der Waals surface area contributed by atoms with Gasteiger partial charge < -0.3 is 10.0 Å². The Bertz CT molecular complexity index is 819. The Kier molecular flexibility index (Phi) is 5.92. The molecule has 27 heavy (non-hydrogen) atoms. The van der Waals surface area contributed by atoms with Crippen LogP contribution in [0.1, 0.15) is 66.9 Å². The molecule has 0 bridgehead atoms. The van der Waals surface area contributed by atoms with E-state index >= 15 is 0 Å². The number of nitrogens with zero attached hydrogens (tertiary/aromatic N) is 1. The van der Waals surface area contributed by atoms with E-state index < -0.39 is 11.9 Å². The van der Waals surface area contributed by atoms with Crippen molar-refractivity contribution in [3.05, 3.63) is 34.9 Å². The number of amides is 3. The molecule has 0 spiro atoms. The number of hydrogen-bond acceptors (Lipinski definition) is 4. The maximum absolute atomic E-state index is 12.7. The number of carbonyl (C=O) groups is 3. The van der Waals surface area contributed by atoms with Crippen molar-refractivity contribution in [2.24, 2.45) is 0 Å². The molecule has 2 heterocycles. The number of carbonyl (C=O) groups excluding carboxylic acids is 3. The van der Waals surface area contributed by atoms with E-state index in [0.717, 1.165) is 36.8 Å². The minimum absolute atomic E-state index is 0.180. The van der Waals surface area contributed by atoms with Gasteiger partial charge in [-0.1, -0.05) is 17.9 Å². The molecule has 1 saturated heterocycles. The van der Waals surface area contributed by atoms with Crippen molar-refractivity contribution in [1.29, 1.82) is 0 Å². The lowest BCUT2D eigenvalue weighted by molar-refractivity contribution is -0.136. The first-order valence-corrected chi connectivity index (χ1v) is 9.40. The molecule has 2 aliphatic heterocycles. The molecule has 1 aromatic rings. The molecule has 1 aromatic carbocycles. The molecular formula is C21H24N2O4. The molecule has 142 valence electrons. The highest BCUT2D eigenvalue weighted by Crippen LogP contribution is 2.28. The number of imide groups is 1. The molecular weight excluding hydrogens is 344 g/mol. The zero-order valence-corrected chi connectivity index (χ0v) is 15.5. The molecule has 3 rings (SSSR count). The molecule has 6 nitrogen and oxygen atoms in total. The van der Waals surface area contributed by atoms with Gasteiger partial charge in [0.1, 0.15) is 6.04 Å². The van der Waals surface area contributed by atoms with Gasteiger partial charge in [0.15, 0.2) is 0 Å². The first-order valence-electron chi connectivity index (χ1n) is 9.40. The van der Waals surface area contributed by atoms with Crippen LogP contribution in [-0.2, 0) is 16.1 Å². The van der Waals surface area contributed by atoms with E-state index in [1.165, 1.54) is 0 Å². The molecule has 3 amide bonds.